The highest BCUT2D eigenvalue weighted by Gasteiger charge is 2.00. The Kier molecular flexibility index (Phi) is 3.28. The minimum Gasteiger partial charge on any atom is -0.334 e. The molecule has 0 aliphatic heterocycles. The van der Waals surface area contributed by atoms with Gasteiger partial charge in [-0.25, -0.2) is 4.98 Å². The topological polar surface area (TPSA) is 29.9 Å². The molecule has 0 radical (unpaired) electrons. The third-order valence-electron chi connectivity index (χ3n) is 2.49. The molecule has 0 saturated carbocycles. The summed E-state index contributed by atoms with van der Waals surface area (Å²) in [4.78, 5) is 4.33. The molecular formula is C11H15N3S. The molecule has 0 bridgehead atoms. The molecule has 0 unspecified atom stereocenters. The van der Waals surface area contributed by atoms with E-state index < -0.39 is 0 Å². The summed E-state index contributed by atoms with van der Waals surface area (Å²) in [6.07, 6.45) is 2.87. The van der Waals surface area contributed by atoms with E-state index in [2.05, 4.69) is 41.1 Å². The Labute approximate surface area is 94.9 Å². The van der Waals surface area contributed by atoms with Crippen LogP contribution in [-0.4, -0.2) is 22.0 Å². The van der Waals surface area contributed by atoms with E-state index in [1.165, 1.54) is 11.1 Å². The number of aromatic nitrogens is 2. The Morgan fingerprint density at radius 3 is 3.13 bits per heavy atom. The lowest BCUT2D eigenvalue weighted by Crippen LogP contribution is -2.14. The van der Waals surface area contributed by atoms with Crippen molar-refractivity contribution in [1.29, 1.82) is 0 Å². The van der Waals surface area contributed by atoms with Crippen LogP contribution in [0.5, 0.6) is 0 Å². The maximum Gasteiger partial charge on any atom is 0.0955 e. The molecule has 4 heteroatoms. The quantitative estimate of drug-likeness (QED) is 0.466. The highest BCUT2D eigenvalue weighted by molar-refractivity contribution is 7.80. The first-order valence-corrected chi connectivity index (χ1v) is 5.66. The SMILES string of the molecule is Cn1cnc2cc(CCNCS)ccc21. The highest BCUT2D eigenvalue weighted by Crippen LogP contribution is 2.13. The lowest BCUT2D eigenvalue weighted by molar-refractivity contribution is 0.777. The van der Waals surface area contributed by atoms with E-state index in [1.54, 1.807) is 0 Å². The second-order valence-corrected chi connectivity index (χ2v) is 3.90. The summed E-state index contributed by atoms with van der Waals surface area (Å²) < 4.78 is 2.03. The molecule has 1 N–H and O–H groups in total. The van der Waals surface area contributed by atoms with Crippen molar-refractivity contribution in [2.24, 2.45) is 7.05 Å². The fourth-order valence-corrected chi connectivity index (χ4v) is 1.81. The van der Waals surface area contributed by atoms with Gasteiger partial charge in [0, 0.05) is 12.9 Å². The van der Waals surface area contributed by atoms with Gasteiger partial charge in [-0.3, -0.25) is 0 Å². The number of fused-ring (bicyclic) bond motifs is 1. The zero-order chi connectivity index (χ0) is 10.7. The second-order valence-electron chi connectivity index (χ2n) is 3.59. The van der Waals surface area contributed by atoms with E-state index in [1.807, 2.05) is 17.9 Å². The zero-order valence-electron chi connectivity index (χ0n) is 8.77. The van der Waals surface area contributed by atoms with E-state index in [0.29, 0.717) is 0 Å². The van der Waals surface area contributed by atoms with Crippen molar-refractivity contribution in [2.45, 2.75) is 6.42 Å². The van der Waals surface area contributed by atoms with Crippen LogP contribution >= 0.6 is 12.6 Å². The van der Waals surface area contributed by atoms with Gasteiger partial charge in [-0.2, -0.15) is 12.6 Å². The molecule has 0 saturated heterocycles. The van der Waals surface area contributed by atoms with E-state index in [-0.39, 0.29) is 0 Å². The first kappa shape index (κ1) is 10.5. The molecule has 2 rings (SSSR count). The van der Waals surface area contributed by atoms with E-state index in [4.69, 9.17) is 0 Å². The van der Waals surface area contributed by atoms with Crippen LogP contribution < -0.4 is 5.32 Å². The lowest BCUT2D eigenvalue weighted by atomic mass is 10.1. The summed E-state index contributed by atoms with van der Waals surface area (Å²) >= 11 is 4.10. The van der Waals surface area contributed by atoms with Crippen LogP contribution in [-0.2, 0) is 13.5 Å². The Hall–Kier alpha value is -1.00. The van der Waals surface area contributed by atoms with Crippen LogP contribution in [0, 0.1) is 0 Å². The summed E-state index contributed by atoms with van der Waals surface area (Å²) in [7, 11) is 2.01. The number of benzene rings is 1. The fraction of sp³-hybridized carbons (Fsp3) is 0.364. The van der Waals surface area contributed by atoms with Crippen LogP contribution in [0.2, 0.25) is 0 Å². The van der Waals surface area contributed by atoms with Crippen molar-refractivity contribution in [2.75, 3.05) is 12.4 Å². The summed E-state index contributed by atoms with van der Waals surface area (Å²) in [5.74, 6) is 0.728. The predicted molar refractivity (Wildman–Crippen MR) is 66.3 cm³/mol. The molecule has 0 amide bonds. The molecule has 2 aromatic rings. The molecule has 0 atom stereocenters. The molecule has 1 aromatic carbocycles. The molecule has 80 valence electrons. The lowest BCUT2D eigenvalue weighted by Gasteiger charge is -2.02. The molecule has 3 nitrogen and oxygen atoms in total. The molecule has 0 fully saturated rings. The van der Waals surface area contributed by atoms with E-state index in [0.717, 1.165) is 24.4 Å². The van der Waals surface area contributed by atoms with Crippen molar-refractivity contribution in [3.8, 4) is 0 Å². The van der Waals surface area contributed by atoms with Crippen LogP contribution in [0.3, 0.4) is 0 Å². The van der Waals surface area contributed by atoms with Gasteiger partial charge in [-0.1, -0.05) is 6.07 Å². The number of aryl methyl sites for hydroxylation is 1. The van der Waals surface area contributed by atoms with Gasteiger partial charge in [0.25, 0.3) is 0 Å². The summed E-state index contributed by atoms with van der Waals surface area (Å²) in [6, 6.07) is 6.43. The first-order chi connectivity index (χ1) is 7.31. The number of imidazole rings is 1. The highest BCUT2D eigenvalue weighted by atomic mass is 32.1. The number of hydrogen-bond donors (Lipinski definition) is 2. The molecular weight excluding hydrogens is 206 g/mol. The minimum absolute atomic E-state index is 0.728. The third kappa shape index (κ3) is 2.33. The molecule has 15 heavy (non-hydrogen) atoms. The predicted octanol–water partition coefficient (Wildman–Crippen LogP) is 1.59. The molecule has 1 aromatic heterocycles. The van der Waals surface area contributed by atoms with Crippen molar-refractivity contribution >= 4 is 23.7 Å². The summed E-state index contributed by atoms with van der Waals surface area (Å²) in [5, 5.41) is 3.19. The maximum atomic E-state index is 4.33. The minimum atomic E-state index is 0.728. The Balaban J connectivity index is 2.16. The number of nitrogens with one attached hydrogen (secondary N) is 1. The van der Waals surface area contributed by atoms with Crippen LogP contribution in [0.4, 0.5) is 0 Å². The smallest absolute Gasteiger partial charge is 0.0955 e. The maximum absolute atomic E-state index is 4.33. The van der Waals surface area contributed by atoms with Gasteiger partial charge < -0.3 is 9.88 Å². The van der Waals surface area contributed by atoms with Crippen molar-refractivity contribution in [3.05, 3.63) is 30.1 Å². The molecule has 0 aliphatic carbocycles. The third-order valence-corrected chi connectivity index (χ3v) is 2.72. The van der Waals surface area contributed by atoms with Crippen LogP contribution in [0.15, 0.2) is 24.5 Å². The first-order valence-electron chi connectivity index (χ1n) is 5.03. The normalized spacial score (nSPS) is 11.1. The Morgan fingerprint density at radius 2 is 2.33 bits per heavy atom. The average Bonchev–Trinajstić information content (AvgIpc) is 2.61. The van der Waals surface area contributed by atoms with Gasteiger partial charge in [-0.15, -0.1) is 0 Å². The van der Waals surface area contributed by atoms with Gasteiger partial charge in [0.15, 0.2) is 0 Å². The van der Waals surface area contributed by atoms with E-state index >= 15 is 0 Å². The summed E-state index contributed by atoms with van der Waals surface area (Å²) in [5.41, 5.74) is 3.57. The number of rotatable bonds is 4. The zero-order valence-corrected chi connectivity index (χ0v) is 9.67. The molecule has 0 spiro atoms. The van der Waals surface area contributed by atoms with Gasteiger partial charge in [-0.05, 0) is 30.7 Å². The Bertz CT molecular complexity index is 450. The fourth-order valence-electron chi connectivity index (χ4n) is 1.65. The van der Waals surface area contributed by atoms with Gasteiger partial charge in [0.1, 0.15) is 0 Å². The second kappa shape index (κ2) is 4.68. The number of thiol groups is 1. The molecule has 0 aliphatic rings. The Morgan fingerprint density at radius 1 is 1.47 bits per heavy atom. The monoisotopic (exact) mass is 221 g/mol. The van der Waals surface area contributed by atoms with Crippen molar-refractivity contribution in [3.63, 3.8) is 0 Å². The van der Waals surface area contributed by atoms with Crippen LogP contribution in [0.1, 0.15) is 5.56 Å². The van der Waals surface area contributed by atoms with Gasteiger partial charge in [0.2, 0.25) is 0 Å². The molecule has 1 heterocycles. The largest absolute Gasteiger partial charge is 0.334 e. The van der Waals surface area contributed by atoms with Crippen molar-refractivity contribution < 1.29 is 0 Å². The standard InChI is InChI=1S/C11H15N3S/c1-14-7-13-10-6-9(2-3-11(10)14)4-5-12-8-15/h2-3,6-7,12,15H,4-5,8H2,1H3. The average molecular weight is 221 g/mol. The van der Waals surface area contributed by atoms with Crippen molar-refractivity contribution in [1.82, 2.24) is 14.9 Å². The summed E-state index contributed by atoms with van der Waals surface area (Å²) in [6.45, 7) is 0.960. The van der Waals surface area contributed by atoms with E-state index in [9.17, 15) is 0 Å². The number of hydrogen-bond acceptors (Lipinski definition) is 3. The van der Waals surface area contributed by atoms with Crippen LogP contribution in [0.25, 0.3) is 11.0 Å². The number of nitrogens with zero attached hydrogens (tertiary/aromatic N) is 2. The van der Waals surface area contributed by atoms with Gasteiger partial charge >= 0.3 is 0 Å². The van der Waals surface area contributed by atoms with Gasteiger partial charge in [0.05, 0.1) is 17.4 Å².